The van der Waals surface area contributed by atoms with Gasteiger partial charge in [-0.3, -0.25) is 4.90 Å². The zero-order valence-electron chi connectivity index (χ0n) is 11.5. The third-order valence-electron chi connectivity index (χ3n) is 3.74. The average Bonchev–Trinajstić information content (AvgIpc) is 2.85. The fourth-order valence-electron chi connectivity index (χ4n) is 2.66. The largest absolute Gasteiger partial charge is 0.370 e. The summed E-state index contributed by atoms with van der Waals surface area (Å²) in [6.07, 6.45) is 1.16. The first-order chi connectivity index (χ1) is 9.81. The van der Waals surface area contributed by atoms with Crippen molar-refractivity contribution in [3.8, 4) is 0 Å². The Morgan fingerprint density at radius 2 is 1.85 bits per heavy atom. The van der Waals surface area contributed by atoms with E-state index in [0.717, 1.165) is 44.8 Å². The maximum atomic E-state index is 13.0. The third kappa shape index (κ3) is 3.38. The highest BCUT2D eigenvalue weighted by Gasteiger charge is 2.15. The minimum Gasteiger partial charge on any atom is -0.370 e. The molecule has 4 heteroatoms. The lowest BCUT2D eigenvalue weighted by molar-refractivity contribution is 0.288. The third-order valence-corrected chi connectivity index (χ3v) is 4.60. The Morgan fingerprint density at radius 1 is 1.00 bits per heavy atom. The van der Waals surface area contributed by atoms with Gasteiger partial charge in [0.25, 0.3) is 0 Å². The standard InChI is InChI=1S/C16H19FN2S/c17-14-4-6-15(7-5-14)19-9-2-8-18(10-11-19)13-16-3-1-12-20-16/h1,3-7,12H,2,8-11,13H2. The number of nitrogens with zero attached hydrogens (tertiary/aromatic N) is 2. The Labute approximate surface area is 123 Å². The number of thiophene rings is 1. The summed E-state index contributed by atoms with van der Waals surface area (Å²) in [6, 6.07) is 11.2. The van der Waals surface area contributed by atoms with Gasteiger partial charge in [0.1, 0.15) is 5.82 Å². The lowest BCUT2D eigenvalue weighted by Gasteiger charge is -2.23. The molecule has 0 aliphatic carbocycles. The highest BCUT2D eigenvalue weighted by atomic mass is 32.1. The van der Waals surface area contributed by atoms with Gasteiger partial charge >= 0.3 is 0 Å². The second-order valence-electron chi connectivity index (χ2n) is 5.17. The number of benzene rings is 1. The number of anilines is 1. The average molecular weight is 290 g/mol. The molecule has 1 aliphatic heterocycles. The van der Waals surface area contributed by atoms with Crippen LogP contribution in [-0.4, -0.2) is 31.1 Å². The fraction of sp³-hybridized carbons (Fsp3) is 0.375. The van der Waals surface area contributed by atoms with E-state index in [-0.39, 0.29) is 5.82 Å². The lowest BCUT2D eigenvalue weighted by atomic mass is 10.2. The highest BCUT2D eigenvalue weighted by Crippen LogP contribution is 2.18. The monoisotopic (exact) mass is 290 g/mol. The number of hydrogen-bond donors (Lipinski definition) is 0. The molecule has 2 nitrogen and oxygen atoms in total. The van der Waals surface area contributed by atoms with E-state index in [1.54, 1.807) is 12.1 Å². The maximum absolute atomic E-state index is 13.0. The summed E-state index contributed by atoms with van der Waals surface area (Å²) < 4.78 is 13.0. The van der Waals surface area contributed by atoms with E-state index < -0.39 is 0 Å². The van der Waals surface area contributed by atoms with Crippen LogP contribution in [-0.2, 0) is 6.54 Å². The van der Waals surface area contributed by atoms with Gasteiger partial charge in [-0.15, -0.1) is 11.3 Å². The molecule has 106 valence electrons. The van der Waals surface area contributed by atoms with Crippen LogP contribution < -0.4 is 4.90 Å². The van der Waals surface area contributed by atoms with Crippen LogP contribution in [0.3, 0.4) is 0 Å². The van der Waals surface area contributed by atoms with Crippen LogP contribution in [0.4, 0.5) is 10.1 Å². The Kier molecular flexibility index (Phi) is 4.33. The van der Waals surface area contributed by atoms with Gasteiger partial charge in [0, 0.05) is 43.3 Å². The predicted octanol–water partition coefficient (Wildman–Crippen LogP) is 3.60. The van der Waals surface area contributed by atoms with Crippen molar-refractivity contribution in [1.29, 1.82) is 0 Å². The molecular weight excluding hydrogens is 271 g/mol. The van der Waals surface area contributed by atoms with Crippen molar-refractivity contribution in [3.63, 3.8) is 0 Å². The summed E-state index contributed by atoms with van der Waals surface area (Å²) in [7, 11) is 0. The van der Waals surface area contributed by atoms with Gasteiger partial charge in [-0.1, -0.05) is 6.07 Å². The molecule has 1 aromatic heterocycles. The molecule has 0 amide bonds. The van der Waals surface area contributed by atoms with Crippen LogP contribution in [0.5, 0.6) is 0 Å². The zero-order chi connectivity index (χ0) is 13.8. The van der Waals surface area contributed by atoms with E-state index >= 15 is 0 Å². The van der Waals surface area contributed by atoms with Gasteiger partial charge in [-0.05, 0) is 42.1 Å². The maximum Gasteiger partial charge on any atom is 0.123 e. The van der Waals surface area contributed by atoms with Crippen LogP contribution in [0.1, 0.15) is 11.3 Å². The normalized spacial score (nSPS) is 17.1. The molecule has 1 aliphatic rings. The van der Waals surface area contributed by atoms with Crippen LogP contribution in [0, 0.1) is 5.82 Å². The molecule has 1 fully saturated rings. The van der Waals surface area contributed by atoms with Crippen molar-refractivity contribution >= 4 is 17.0 Å². The quantitative estimate of drug-likeness (QED) is 0.852. The summed E-state index contributed by atoms with van der Waals surface area (Å²) in [6.45, 7) is 5.31. The minimum absolute atomic E-state index is 0.164. The van der Waals surface area contributed by atoms with E-state index in [2.05, 4.69) is 27.3 Å². The van der Waals surface area contributed by atoms with Gasteiger partial charge in [-0.2, -0.15) is 0 Å². The Hall–Kier alpha value is -1.39. The summed E-state index contributed by atoms with van der Waals surface area (Å²) in [5, 5.41) is 2.14. The fourth-order valence-corrected chi connectivity index (χ4v) is 3.41. The van der Waals surface area contributed by atoms with E-state index in [0.29, 0.717) is 0 Å². The molecule has 0 unspecified atom stereocenters. The lowest BCUT2D eigenvalue weighted by Crippen LogP contribution is -2.30. The first-order valence-corrected chi connectivity index (χ1v) is 7.94. The van der Waals surface area contributed by atoms with Crippen molar-refractivity contribution in [2.75, 3.05) is 31.1 Å². The topological polar surface area (TPSA) is 6.48 Å². The first kappa shape index (κ1) is 13.6. The molecule has 0 bridgehead atoms. The Morgan fingerprint density at radius 3 is 2.60 bits per heavy atom. The summed E-state index contributed by atoms with van der Waals surface area (Å²) >= 11 is 1.83. The van der Waals surface area contributed by atoms with Gasteiger partial charge in [0.2, 0.25) is 0 Å². The van der Waals surface area contributed by atoms with Crippen LogP contribution in [0.15, 0.2) is 41.8 Å². The molecule has 1 aromatic carbocycles. The van der Waals surface area contributed by atoms with Gasteiger partial charge in [-0.25, -0.2) is 4.39 Å². The summed E-state index contributed by atoms with van der Waals surface area (Å²) in [5.74, 6) is -0.164. The van der Waals surface area contributed by atoms with Gasteiger partial charge in [0.15, 0.2) is 0 Å². The second-order valence-corrected chi connectivity index (χ2v) is 6.20. The number of rotatable bonds is 3. The molecule has 1 saturated heterocycles. The zero-order valence-corrected chi connectivity index (χ0v) is 12.3. The van der Waals surface area contributed by atoms with Crippen molar-refractivity contribution in [1.82, 2.24) is 4.90 Å². The molecule has 3 rings (SSSR count). The summed E-state index contributed by atoms with van der Waals surface area (Å²) in [5.41, 5.74) is 1.13. The molecule has 0 radical (unpaired) electrons. The van der Waals surface area contributed by atoms with E-state index in [1.807, 2.05) is 23.5 Å². The molecule has 2 heterocycles. The van der Waals surface area contributed by atoms with E-state index in [9.17, 15) is 4.39 Å². The number of hydrogen-bond acceptors (Lipinski definition) is 3. The van der Waals surface area contributed by atoms with Crippen LogP contribution in [0.25, 0.3) is 0 Å². The molecule has 0 N–H and O–H groups in total. The van der Waals surface area contributed by atoms with Crippen LogP contribution >= 0.6 is 11.3 Å². The Bertz CT molecular complexity index is 524. The van der Waals surface area contributed by atoms with Crippen molar-refractivity contribution in [2.45, 2.75) is 13.0 Å². The molecule has 0 atom stereocenters. The van der Waals surface area contributed by atoms with Crippen molar-refractivity contribution < 1.29 is 4.39 Å². The molecule has 0 spiro atoms. The molecule has 2 aromatic rings. The van der Waals surface area contributed by atoms with Crippen LogP contribution in [0.2, 0.25) is 0 Å². The van der Waals surface area contributed by atoms with Crippen molar-refractivity contribution in [2.24, 2.45) is 0 Å². The Balaban J connectivity index is 1.60. The minimum atomic E-state index is -0.164. The van der Waals surface area contributed by atoms with Gasteiger partial charge < -0.3 is 4.90 Å². The summed E-state index contributed by atoms with van der Waals surface area (Å²) in [4.78, 5) is 6.30. The number of halogens is 1. The van der Waals surface area contributed by atoms with E-state index in [4.69, 9.17) is 0 Å². The first-order valence-electron chi connectivity index (χ1n) is 7.06. The highest BCUT2D eigenvalue weighted by molar-refractivity contribution is 7.09. The van der Waals surface area contributed by atoms with Gasteiger partial charge in [0.05, 0.1) is 0 Å². The van der Waals surface area contributed by atoms with Crippen molar-refractivity contribution in [3.05, 3.63) is 52.5 Å². The smallest absolute Gasteiger partial charge is 0.123 e. The molecule has 0 saturated carbocycles. The SMILES string of the molecule is Fc1ccc(N2CCCN(Cc3cccs3)CC2)cc1. The van der Waals surface area contributed by atoms with E-state index in [1.165, 1.54) is 4.88 Å². The second kappa shape index (κ2) is 6.37. The molecular formula is C16H19FN2S. The predicted molar refractivity (Wildman–Crippen MR) is 82.8 cm³/mol. The molecule has 20 heavy (non-hydrogen) atoms.